The van der Waals surface area contributed by atoms with Crippen LogP contribution in [0, 0.1) is 11.8 Å². The average molecular weight is 593 g/mol. The van der Waals surface area contributed by atoms with E-state index in [-0.39, 0.29) is 33.6 Å². The number of nitrogens with zero attached hydrogens (tertiary/aromatic N) is 3. The van der Waals surface area contributed by atoms with E-state index < -0.39 is 33.2 Å². The average Bonchev–Trinajstić information content (AvgIpc) is 2.61. The molecule has 0 aromatic carbocycles. The fourth-order valence-electron chi connectivity index (χ4n) is 3.13. The van der Waals surface area contributed by atoms with Crippen molar-refractivity contribution >= 4 is 40.4 Å². The summed E-state index contributed by atoms with van der Waals surface area (Å²) in [5.74, 6) is 0.507. The summed E-state index contributed by atoms with van der Waals surface area (Å²) in [5.41, 5.74) is -0.927. The number of rotatable bonds is 5. The summed E-state index contributed by atoms with van der Waals surface area (Å²) in [6.45, 7) is 27.1. The molecule has 12 heteroatoms. The lowest BCUT2D eigenvalue weighted by molar-refractivity contribution is -0.00452. The largest absolute Gasteiger partial charge is 0.444 e. The van der Waals surface area contributed by atoms with Gasteiger partial charge in [-0.2, -0.15) is 4.40 Å². The number of amides is 2. The fraction of sp³-hybridized carbons (Fsp3) is 0.889. The standard InChI is InChI=1S/C14H28N2O3S.C13H24N2O3S/c1-10(15-20(18)14(5,6)7)11-8-16(9-11)12(17)19-13(2,3)4;1-12(2,3)18-11(16)15-8-10(9-15)7-14-19(17)13(4,5)6/h10-11,15H,8-9H2,1-7H3;7,10H,8-9H2,1-6H3. The minimum absolute atomic E-state index is 0.119. The molecule has 0 aromatic heterocycles. The molecule has 3 atom stereocenters. The van der Waals surface area contributed by atoms with E-state index in [1.54, 1.807) is 16.0 Å². The van der Waals surface area contributed by atoms with E-state index in [9.17, 15) is 18.0 Å². The maximum absolute atomic E-state index is 12.0. The number of hydrogen-bond donors (Lipinski definition) is 1. The third-order valence-corrected chi connectivity index (χ3v) is 8.63. The number of carbonyl (C=O) groups excluding carboxylic acids is 2. The molecule has 2 aliphatic rings. The van der Waals surface area contributed by atoms with E-state index in [0.717, 1.165) is 0 Å². The first kappa shape index (κ1) is 35.5. The van der Waals surface area contributed by atoms with Gasteiger partial charge in [-0.15, -0.1) is 0 Å². The highest BCUT2D eigenvalue weighted by molar-refractivity contribution is 7.85. The molecule has 39 heavy (non-hydrogen) atoms. The SMILES string of the molecule is CC(C)(C)OC(=O)N1CC(C=NS(=O)C(C)(C)C)C1.CC(NS(=O)C(C)(C)C)C1CN(C(=O)OC(C)(C)C)C1. The van der Waals surface area contributed by atoms with Gasteiger partial charge in [0.15, 0.2) is 0 Å². The maximum atomic E-state index is 12.0. The Labute approximate surface area is 241 Å². The van der Waals surface area contributed by atoms with Gasteiger partial charge in [-0.05, 0) is 90.0 Å². The molecule has 2 heterocycles. The fourth-order valence-corrected chi connectivity index (χ4v) is 4.61. The van der Waals surface area contributed by atoms with Crippen LogP contribution in [0.3, 0.4) is 0 Å². The summed E-state index contributed by atoms with van der Waals surface area (Å²) in [5, 5.41) is 0. The highest BCUT2D eigenvalue weighted by Crippen LogP contribution is 2.23. The summed E-state index contributed by atoms with van der Waals surface area (Å²) >= 11 is 0. The topological polar surface area (TPSA) is 118 Å². The molecule has 0 aliphatic carbocycles. The van der Waals surface area contributed by atoms with Crippen LogP contribution in [0.2, 0.25) is 0 Å². The van der Waals surface area contributed by atoms with Gasteiger partial charge in [0.2, 0.25) is 0 Å². The Bertz CT molecular complexity index is 917. The van der Waals surface area contributed by atoms with E-state index in [0.29, 0.717) is 32.1 Å². The molecule has 2 amide bonds. The molecule has 0 spiro atoms. The minimum atomic E-state index is -1.23. The molecular weight excluding hydrogens is 540 g/mol. The van der Waals surface area contributed by atoms with Gasteiger partial charge >= 0.3 is 12.2 Å². The highest BCUT2D eigenvalue weighted by Gasteiger charge is 2.38. The van der Waals surface area contributed by atoms with Crippen LogP contribution in [0.1, 0.15) is 90.0 Å². The summed E-state index contributed by atoms with van der Waals surface area (Å²) in [6.07, 6.45) is 1.13. The lowest BCUT2D eigenvalue weighted by atomic mass is 9.94. The normalized spacial score (nSPS) is 19.8. The van der Waals surface area contributed by atoms with Crippen LogP contribution in [0.5, 0.6) is 0 Å². The van der Waals surface area contributed by atoms with Crippen LogP contribution in [0.4, 0.5) is 9.59 Å². The van der Waals surface area contributed by atoms with Crippen molar-refractivity contribution in [3.63, 3.8) is 0 Å². The monoisotopic (exact) mass is 592 g/mol. The van der Waals surface area contributed by atoms with Gasteiger partial charge in [-0.25, -0.2) is 22.7 Å². The zero-order chi connectivity index (χ0) is 30.6. The second-order valence-corrected chi connectivity index (χ2v) is 18.1. The van der Waals surface area contributed by atoms with E-state index in [2.05, 4.69) is 9.12 Å². The van der Waals surface area contributed by atoms with Gasteiger partial charge in [-0.1, -0.05) is 0 Å². The van der Waals surface area contributed by atoms with Crippen LogP contribution in [0.15, 0.2) is 4.40 Å². The number of hydrogen-bond acceptors (Lipinski definition) is 6. The van der Waals surface area contributed by atoms with Crippen molar-refractivity contribution in [2.45, 2.75) is 117 Å². The lowest BCUT2D eigenvalue weighted by Crippen LogP contribution is -2.58. The summed E-state index contributed by atoms with van der Waals surface area (Å²) in [6, 6.07) is 0.119. The summed E-state index contributed by atoms with van der Waals surface area (Å²) in [7, 11) is -2.31. The Morgan fingerprint density at radius 3 is 1.56 bits per heavy atom. The molecule has 2 fully saturated rings. The third-order valence-electron chi connectivity index (χ3n) is 5.57. The molecule has 1 N–H and O–H groups in total. The van der Waals surface area contributed by atoms with Crippen molar-refractivity contribution in [2.75, 3.05) is 26.2 Å². The Hall–Kier alpha value is -1.53. The minimum Gasteiger partial charge on any atom is -0.444 e. The predicted molar refractivity (Wildman–Crippen MR) is 159 cm³/mol. The van der Waals surface area contributed by atoms with Gasteiger partial charge < -0.3 is 19.3 Å². The van der Waals surface area contributed by atoms with Crippen molar-refractivity contribution in [3.8, 4) is 0 Å². The van der Waals surface area contributed by atoms with Gasteiger partial charge in [0.1, 0.15) is 22.2 Å². The van der Waals surface area contributed by atoms with Gasteiger partial charge in [0.05, 0.1) is 20.5 Å². The third kappa shape index (κ3) is 13.1. The van der Waals surface area contributed by atoms with Crippen LogP contribution >= 0.6 is 0 Å². The summed E-state index contributed by atoms with van der Waals surface area (Å²) < 4.78 is 40.9. The molecule has 2 saturated heterocycles. The predicted octanol–water partition coefficient (Wildman–Crippen LogP) is 4.68. The number of likely N-dealkylation sites (tertiary alicyclic amines) is 2. The molecule has 3 unspecified atom stereocenters. The van der Waals surface area contributed by atoms with Crippen LogP contribution < -0.4 is 4.72 Å². The first-order valence-corrected chi connectivity index (χ1v) is 15.7. The lowest BCUT2D eigenvalue weighted by Gasteiger charge is -2.43. The Morgan fingerprint density at radius 2 is 1.21 bits per heavy atom. The van der Waals surface area contributed by atoms with Crippen molar-refractivity contribution in [3.05, 3.63) is 0 Å². The molecule has 10 nitrogen and oxygen atoms in total. The van der Waals surface area contributed by atoms with E-state index in [4.69, 9.17) is 9.47 Å². The molecule has 0 radical (unpaired) electrons. The van der Waals surface area contributed by atoms with Crippen molar-refractivity contribution < 1.29 is 27.5 Å². The number of nitrogens with one attached hydrogen (secondary N) is 1. The number of ether oxygens (including phenoxy) is 2. The Balaban J connectivity index is 0.000000391. The molecule has 2 aliphatic heterocycles. The van der Waals surface area contributed by atoms with Gasteiger partial charge in [0, 0.05) is 50.3 Å². The zero-order valence-electron chi connectivity index (χ0n) is 26.2. The molecular formula is C27H52N4O6S2. The molecule has 2 rings (SSSR count). The van der Waals surface area contributed by atoms with E-state index >= 15 is 0 Å². The molecule has 0 saturated carbocycles. The van der Waals surface area contributed by atoms with Crippen LogP contribution in [0.25, 0.3) is 0 Å². The Morgan fingerprint density at radius 1 is 0.795 bits per heavy atom. The number of carbonyl (C=O) groups is 2. The van der Waals surface area contributed by atoms with Gasteiger partial charge in [-0.3, -0.25) is 0 Å². The Kier molecular flexibility index (Phi) is 12.2. The highest BCUT2D eigenvalue weighted by atomic mass is 32.2. The van der Waals surface area contributed by atoms with Gasteiger partial charge in [0.25, 0.3) is 0 Å². The quantitative estimate of drug-likeness (QED) is 0.463. The van der Waals surface area contributed by atoms with Crippen molar-refractivity contribution in [2.24, 2.45) is 16.2 Å². The van der Waals surface area contributed by atoms with E-state index in [1.165, 1.54) is 0 Å². The smallest absolute Gasteiger partial charge is 0.410 e. The second kappa shape index (κ2) is 13.4. The van der Waals surface area contributed by atoms with Crippen LogP contribution in [-0.4, -0.2) is 89.5 Å². The van der Waals surface area contributed by atoms with Crippen LogP contribution in [-0.2, 0) is 31.4 Å². The van der Waals surface area contributed by atoms with Crippen molar-refractivity contribution in [1.82, 2.24) is 14.5 Å². The molecule has 0 aromatic rings. The van der Waals surface area contributed by atoms with Crippen molar-refractivity contribution in [1.29, 1.82) is 0 Å². The molecule has 0 bridgehead atoms. The second-order valence-electron chi connectivity index (χ2n) is 14.2. The zero-order valence-corrected chi connectivity index (χ0v) is 27.9. The molecule has 228 valence electrons. The first-order valence-electron chi connectivity index (χ1n) is 13.5. The summed E-state index contributed by atoms with van der Waals surface area (Å²) in [4.78, 5) is 26.8. The van der Waals surface area contributed by atoms with E-state index in [1.807, 2.05) is 90.0 Å². The first-order chi connectivity index (χ1) is 17.4. The maximum Gasteiger partial charge on any atom is 0.410 e.